The molecule has 7 nitrogen and oxygen atoms in total. The number of phosphoric acid groups is 1. The predicted octanol–water partition coefficient (Wildman–Crippen LogP) is -0.219. The van der Waals surface area contributed by atoms with Crippen molar-refractivity contribution < 1.29 is 33.5 Å². The van der Waals surface area contributed by atoms with Crippen molar-refractivity contribution in [1.82, 2.24) is 0 Å². The molecular weight excluding hydrogens is 215 g/mol. The number of carbonyl (C=O) groups is 1. The Morgan fingerprint density at radius 2 is 1.93 bits per heavy atom. The SMILES string of the molecule is C=CC(=O)OCOCC.O=P(O)(O)O. The van der Waals surface area contributed by atoms with Crippen LogP contribution in [0.2, 0.25) is 0 Å². The van der Waals surface area contributed by atoms with Gasteiger partial charge in [0.05, 0.1) is 0 Å². The maximum atomic E-state index is 10.3. The second kappa shape index (κ2) is 8.86. The highest BCUT2D eigenvalue weighted by atomic mass is 31.2. The zero-order chi connectivity index (χ0) is 11.6. The van der Waals surface area contributed by atoms with Crippen molar-refractivity contribution in [3.8, 4) is 0 Å². The number of ether oxygens (including phenoxy) is 2. The van der Waals surface area contributed by atoms with Crippen LogP contribution in [0.25, 0.3) is 0 Å². The molecule has 0 aliphatic heterocycles. The largest absolute Gasteiger partial charge is 0.466 e. The fourth-order valence-corrected chi connectivity index (χ4v) is 0.242. The van der Waals surface area contributed by atoms with Crippen LogP contribution in [0.4, 0.5) is 0 Å². The average Bonchev–Trinajstić information content (AvgIpc) is 2.01. The molecule has 0 saturated carbocycles. The van der Waals surface area contributed by atoms with Crippen LogP contribution in [0.1, 0.15) is 6.92 Å². The number of rotatable bonds is 4. The monoisotopic (exact) mass is 228 g/mol. The second-order valence-electron chi connectivity index (χ2n) is 1.79. The zero-order valence-electron chi connectivity index (χ0n) is 7.62. The smallest absolute Gasteiger partial charge is 0.435 e. The van der Waals surface area contributed by atoms with Crippen molar-refractivity contribution >= 4 is 13.8 Å². The van der Waals surface area contributed by atoms with Gasteiger partial charge in [0, 0.05) is 12.7 Å². The Balaban J connectivity index is 0. The van der Waals surface area contributed by atoms with Crippen LogP contribution in [-0.4, -0.2) is 34.0 Å². The molecule has 3 N–H and O–H groups in total. The van der Waals surface area contributed by atoms with Gasteiger partial charge in [-0.25, -0.2) is 9.36 Å². The summed E-state index contributed by atoms with van der Waals surface area (Å²) in [6, 6.07) is 0. The molecule has 0 rings (SSSR count). The molecule has 14 heavy (non-hydrogen) atoms. The minimum absolute atomic E-state index is 0.0152. The van der Waals surface area contributed by atoms with Gasteiger partial charge in [0.25, 0.3) is 0 Å². The van der Waals surface area contributed by atoms with E-state index in [1.165, 1.54) is 0 Å². The Labute approximate surface area is 81.2 Å². The van der Waals surface area contributed by atoms with E-state index < -0.39 is 13.8 Å². The summed E-state index contributed by atoms with van der Waals surface area (Å²) in [5, 5.41) is 0. The van der Waals surface area contributed by atoms with E-state index in [1.807, 2.05) is 6.92 Å². The molecular formula is C6H13O7P. The average molecular weight is 228 g/mol. The maximum absolute atomic E-state index is 10.3. The van der Waals surface area contributed by atoms with Gasteiger partial charge in [0.2, 0.25) is 0 Å². The topological polar surface area (TPSA) is 113 Å². The van der Waals surface area contributed by atoms with E-state index in [9.17, 15) is 4.79 Å². The fraction of sp³-hybridized carbons (Fsp3) is 0.500. The molecule has 0 aliphatic carbocycles. The molecule has 0 aromatic rings. The van der Waals surface area contributed by atoms with E-state index in [4.69, 9.17) is 24.0 Å². The van der Waals surface area contributed by atoms with Crippen molar-refractivity contribution in [2.24, 2.45) is 0 Å². The molecule has 0 fully saturated rings. The first-order valence-electron chi connectivity index (χ1n) is 3.46. The lowest BCUT2D eigenvalue weighted by Gasteiger charge is -1.98. The lowest BCUT2D eigenvalue weighted by Crippen LogP contribution is -2.04. The maximum Gasteiger partial charge on any atom is 0.466 e. The van der Waals surface area contributed by atoms with Crippen LogP contribution < -0.4 is 0 Å². The van der Waals surface area contributed by atoms with Crippen molar-refractivity contribution in [2.75, 3.05) is 13.4 Å². The molecule has 0 aromatic carbocycles. The van der Waals surface area contributed by atoms with Gasteiger partial charge < -0.3 is 24.2 Å². The lowest BCUT2D eigenvalue weighted by atomic mass is 10.7. The van der Waals surface area contributed by atoms with E-state index in [0.717, 1.165) is 6.08 Å². The molecule has 0 radical (unpaired) electrons. The van der Waals surface area contributed by atoms with E-state index in [2.05, 4.69) is 11.3 Å². The number of esters is 1. The van der Waals surface area contributed by atoms with Gasteiger partial charge in [-0.2, -0.15) is 0 Å². The fourth-order valence-electron chi connectivity index (χ4n) is 0.242. The minimum atomic E-state index is -4.64. The first kappa shape index (κ1) is 15.7. The predicted molar refractivity (Wildman–Crippen MR) is 47.0 cm³/mol. The molecule has 0 unspecified atom stereocenters. The molecule has 84 valence electrons. The molecule has 0 spiro atoms. The van der Waals surface area contributed by atoms with Gasteiger partial charge in [-0.15, -0.1) is 0 Å². The highest BCUT2D eigenvalue weighted by Gasteiger charge is 2.00. The molecule has 0 aliphatic rings. The Morgan fingerprint density at radius 3 is 2.21 bits per heavy atom. The summed E-state index contributed by atoms with van der Waals surface area (Å²) < 4.78 is 18.0. The number of hydrogen-bond acceptors (Lipinski definition) is 4. The van der Waals surface area contributed by atoms with Crippen LogP contribution in [0, 0.1) is 0 Å². The summed E-state index contributed by atoms with van der Waals surface area (Å²) in [7, 11) is -4.64. The van der Waals surface area contributed by atoms with Crippen LogP contribution in [-0.2, 0) is 18.8 Å². The zero-order valence-corrected chi connectivity index (χ0v) is 8.51. The lowest BCUT2D eigenvalue weighted by molar-refractivity contribution is -0.149. The molecule has 0 bridgehead atoms. The summed E-state index contributed by atoms with van der Waals surface area (Å²) in [5.74, 6) is -0.455. The Bertz CT molecular complexity index is 200. The molecule has 0 heterocycles. The summed E-state index contributed by atoms with van der Waals surface area (Å²) >= 11 is 0. The molecule has 8 heteroatoms. The van der Waals surface area contributed by atoms with Crippen LogP contribution in [0.3, 0.4) is 0 Å². The van der Waals surface area contributed by atoms with Gasteiger partial charge in [0.15, 0.2) is 6.79 Å². The van der Waals surface area contributed by atoms with Crippen LogP contribution in [0.5, 0.6) is 0 Å². The molecule has 0 amide bonds. The normalized spacial score (nSPS) is 9.71. The van der Waals surface area contributed by atoms with Crippen LogP contribution in [0.15, 0.2) is 12.7 Å². The quantitative estimate of drug-likeness (QED) is 0.200. The third kappa shape index (κ3) is 30.2. The summed E-state index contributed by atoms with van der Waals surface area (Å²) in [6.07, 6.45) is 1.10. The molecule has 0 aromatic heterocycles. The number of hydrogen-bond donors (Lipinski definition) is 3. The van der Waals surface area contributed by atoms with Crippen molar-refractivity contribution in [3.05, 3.63) is 12.7 Å². The van der Waals surface area contributed by atoms with Gasteiger partial charge in [-0.1, -0.05) is 6.58 Å². The van der Waals surface area contributed by atoms with Gasteiger partial charge in [-0.05, 0) is 6.92 Å². The highest BCUT2D eigenvalue weighted by molar-refractivity contribution is 7.45. The summed E-state index contributed by atoms with van der Waals surface area (Å²) in [5.41, 5.74) is 0. The van der Waals surface area contributed by atoms with Crippen molar-refractivity contribution in [2.45, 2.75) is 6.92 Å². The summed E-state index contributed by atoms with van der Waals surface area (Å²) in [6.45, 7) is 5.59. The van der Waals surface area contributed by atoms with E-state index in [1.54, 1.807) is 0 Å². The first-order chi connectivity index (χ1) is 6.31. The summed E-state index contributed by atoms with van der Waals surface area (Å²) in [4.78, 5) is 31.8. The van der Waals surface area contributed by atoms with Gasteiger partial charge in [-0.3, -0.25) is 0 Å². The van der Waals surface area contributed by atoms with Gasteiger partial charge in [0.1, 0.15) is 0 Å². The molecule has 0 atom stereocenters. The second-order valence-corrected chi connectivity index (χ2v) is 2.82. The number of carbonyl (C=O) groups excluding carboxylic acids is 1. The van der Waals surface area contributed by atoms with Crippen molar-refractivity contribution in [3.63, 3.8) is 0 Å². The van der Waals surface area contributed by atoms with E-state index in [-0.39, 0.29) is 6.79 Å². The van der Waals surface area contributed by atoms with Crippen molar-refractivity contribution in [1.29, 1.82) is 0 Å². The Morgan fingerprint density at radius 1 is 1.50 bits per heavy atom. The molecule has 0 saturated heterocycles. The third-order valence-electron chi connectivity index (χ3n) is 0.655. The van der Waals surface area contributed by atoms with E-state index in [0.29, 0.717) is 6.61 Å². The Hall–Kier alpha value is -0.720. The van der Waals surface area contributed by atoms with Crippen LogP contribution >= 0.6 is 7.82 Å². The third-order valence-corrected chi connectivity index (χ3v) is 0.655. The highest BCUT2D eigenvalue weighted by Crippen LogP contribution is 2.25. The minimum Gasteiger partial charge on any atom is -0.435 e. The van der Waals surface area contributed by atoms with Gasteiger partial charge >= 0.3 is 13.8 Å². The first-order valence-corrected chi connectivity index (χ1v) is 5.03. The standard InChI is InChI=1S/C6H10O3.H3O4P/c1-3-6(7)9-5-8-4-2;1-5(2,3)4/h3H,1,4-5H2,2H3;(H3,1,2,3,4). The van der Waals surface area contributed by atoms with E-state index >= 15 is 0 Å². The Kier molecular flexibility index (Phi) is 9.96.